The summed E-state index contributed by atoms with van der Waals surface area (Å²) in [6.07, 6.45) is -4.37. The largest absolute Gasteiger partial charge is 0.416 e. The molecule has 1 aromatic carbocycles. The monoisotopic (exact) mass is 245 g/mol. The topological polar surface area (TPSA) is 67.5 Å². The van der Waals surface area contributed by atoms with E-state index in [4.69, 9.17) is 5.73 Å². The van der Waals surface area contributed by atoms with Gasteiger partial charge in [0.05, 0.1) is 11.3 Å². The molecule has 0 aliphatic carbocycles. The lowest BCUT2D eigenvalue weighted by Crippen LogP contribution is -2.25. The minimum Gasteiger partial charge on any atom is -0.350 e. The summed E-state index contributed by atoms with van der Waals surface area (Å²) in [5.41, 5.74) is 6.87. The van der Waals surface area contributed by atoms with Gasteiger partial charge in [-0.2, -0.15) is 18.3 Å². The summed E-state index contributed by atoms with van der Waals surface area (Å²) in [5.74, 6) is 0. The Hall–Kier alpha value is -2.05. The van der Waals surface area contributed by atoms with E-state index in [1.165, 1.54) is 12.1 Å². The maximum Gasteiger partial charge on any atom is 0.416 e. The number of halogens is 3. The number of nitrogens with one attached hydrogen (secondary N) is 1. The second-order valence-electron chi connectivity index (χ2n) is 3.25. The van der Waals surface area contributed by atoms with Crippen LogP contribution in [0.25, 0.3) is 0 Å². The summed E-state index contributed by atoms with van der Waals surface area (Å²) < 4.78 is 36.8. The Kier molecular flexibility index (Phi) is 3.72. The first-order valence-corrected chi connectivity index (χ1v) is 4.58. The summed E-state index contributed by atoms with van der Waals surface area (Å²) in [5, 5.41) is 3.60. The van der Waals surface area contributed by atoms with Crippen molar-refractivity contribution in [2.45, 2.75) is 13.1 Å². The zero-order valence-corrected chi connectivity index (χ0v) is 8.88. The smallest absolute Gasteiger partial charge is 0.350 e. The molecule has 0 bridgehead atoms. The van der Waals surface area contributed by atoms with E-state index in [9.17, 15) is 18.0 Å². The maximum atomic E-state index is 12.3. The average Bonchev–Trinajstić information content (AvgIpc) is 2.25. The molecule has 17 heavy (non-hydrogen) atoms. The van der Waals surface area contributed by atoms with Gasteiger partial charge in [0.2, 0.25) is 0 Å². The van der Waals surface area contributed by atoms with Crippen LogP contribution in [0.3, 0.4) is 0 Å². The quantitative estimate of drug-likeness (QED) is 0.608. The van der Waals surface area contributed by atoms with E-state index in [1.54, 1.807) is 6.92 Å². The van der Waals surface area contributed by atoms with Crippen LogP contribution in [-0.4, -0.2) is 11.7 Å². The van der Waals surface area contributed by atoms with Crippen molar-refractivity contribution in [3.8, 4) is 0 Å². The summed E-state index contributed by atoms with van der Waals surface area (Å²) in [7, 11) is 0. The minimum absolute atomic E-state index is 0.359. The fourth-order valence-electron chi connectivity index (χ4n) is 1.10. The van der Waals surface area contributed by atoms with Gasteiger partial charge in [-0.25, -0.2) is 10.2 Å². The second-order valence-corrected chi connectivity index (χ2v) is 3.25. The van der Waals surface area contributed by atoms with Gasteiger partial charge >= 0.3 is 12.2 Å². The third-order valence-electron chi connectivity index (χ3n) is 1.96. The molecule has 0 spiro atoms. The summed E-state index contributed by atoms with van der Waals surface area (Å²) >= 11 is 0. The van der Waals surface area contributed by atoms with Gasteiger partial charge in [-0.05, 0) is 24.6 Å². The molecule has 0 aliphatic heterocycles. The molecule has 0 radical (unpaired) electrons. The van der Waals surface area contributed by atoms with Crippen LogP contribution in [0.5, 0.6) is 0 Å². The SMILES string of the molecule is CC(=NNC(N)=O)c1ccc(C(F)(F)F)cc1. The lowest BCUT2D eigenvalue weighted by atomic mass is 10.1. The fraction of sp³-hybridized carbons (Fsp3) is 0.200. The van der Waals surface area contributed by atoms with Crippen LogP contribution in [0.15, 0.2) is 29.4 Å². The predicted molar refractivity (Wildman–Crippen MR) is 56.4 cm³/mol. The van der Waals surface area contributed by atoms with Crippen LogP contribution < -0.4 is 11.2 Å². The number of hydrogen-bond acceptors (Lipinski definition) is 2. The van der Waals surface area contributed by atoms with E-state index < -0.39 is 17.8 Å². The first-order valence-electron chi connectivity index (χ1n) is 4.58. The van der Waals surface area contributed by atoms with Crippen LogP contribution in [0, 0.1) is 0 Å². The number of benzene rings is 1. The van der Waals surface area contributed by atoms with Crippen LogP contribution in [0.1, 0.15) is 18.1 Å². The molecule has 7 heteroatoms. The molecule has 1 aromatic rings. The number of rotatable bonds is 2. The molecule has 1 rings (SSSR count). The molecular formula is C10H10F3N3O. The first-order chi connectivity index (χ1) is 7.80. The molecule has 92 valence electrons. The van der Waals surface area contributed by atoms with Gasteiger partial charge in [0, 0.05) is 0 Å². The van der Waals surface area contributed by atoms with Crippen molar-refractivity contribution in [2.24, 2.45) is 10.8 Å². The first kappa shape index (κ1) is 13.0. The Balaban J connectivity index is 2.88. The Morgan fingerprint density at radius 1 is 1.29 bits per heavy atom. The van der Waals surface area contributed by atoms with Gasteiger partial charge in [0.1, 0.15) is 0 Å². The van der Waals surface area contributed by atoms with Gasteiger partial charge < -0.3 is 5.73 Å². The molecule has 0 saturated heterocycles. The van der Waals surface area contributed by atoms with Crippen molar-refractivity contribution >= 4 is 11.7 Å². The highest BCUT2D eigenvalue weighted by molar-refractivity contribution is 5.99. The third kappa shape index (κ3) is 3.78. The van der Waals surface area contributed by atoms with Crippen molar-refractivity contribution in [2.75, 3.05) is 0 Å². The molecule has 0 heterocycles. The number of hydrazone groups is 1. The van der Waals surface area contributed by atoms with Gasteiger partial charge in [0.15, 0.2) is 0 Å². The summed E-state index contributed by atoms with van der Waals surface area (Å²) in [6, 6.07) is 3.59. The fourth-order valence-corrected chi connectivity index (χ4v) is 1.10. The van der Waals surface area contributed by atoms with Crippen molar-refractivity contribution in [3.05, 3.63) is 35.4 Å². The molecule has 0 aliphatic rings. The highest BCUT2D eigenvalue weighted by atomic mass is 19.4. The molecule has 4 nitrogen and oxygen atoms in total. The Morgan fingerprint density at radius 2 is 1.82 bits per heavy atom. The Labute approximate surface area is 95.3 Å². The molecule has 0 unspecified atom stereocenters. The molecule has 0 aromatic heterocycles. The summed E-state index contributed by atoms with van der Waals surface area (Å²) in [4.78, 5) is 10.4. The van der Waals surface area contributed by atoms with Gasteiger partial charge in [-0.1, -0.05) is 12.1 Å². The maximum absolute atomic E-state index is 12.3. The van der Waals surface area contributed by atoms with Gasteiger partial charge in [-0.3, -0.25) is 0 Å². The van der Waals surface area contributed by atoms with Gasteiger partial charge in [0.25, 0.3) is 0 Å². The van der Waals surface area contributed by atoms with E-state index in [-0.39, 0.29) is 0 Å². The number of hydrogen-bond donors (Lipinski definition) is 2. The minimum atomic E-state index is -4.37. The number of primary amides is 1. The molecule has 3 N–H and O–H groups in total. The molecule has 2 amide bonds. The van der Waals surface area contributed by atoms with E-state index in [0.717, 1.165) is 12.1 Å². The van der Waals surface area contributed by atoms with E-state index in [2.05, 4.69) is 5.10 Å². The van der Waals surface area contributed by atoms with Crippen LogP contribution in [-0.2, 0) is 6.18 Å². The number of urea groups is 1. The number of alkyl halides is 3. The summed E-state index contributed by atoms with van der Waals surface area (Å²) in [6.45, 7) is 1.54. The highest BCUT2D eigenvalue weighted by Crippen LogP contribution is 2.29. The molecule has 0 fully saturated rings. The highest BCUT2D eigenvalue weighted by Gasteiger charge is 2.29. The average molecular weight is 245 g/mol. The van der Waals surface area contributed by atoms with E-state index >= 15 is 0 Å². The van der Waals surface area contributed by atoms with Crippen molar-refractivity contribution < 1.29 is 18.0 Å². The lowest BCUT2D eigenvalue weighted by molar-refractivity contribution is -0.137. The Bertz CT molecular complexity index is 437. The van der Waals surface area contributed by atoms with E-state index in [1.807, 2.05) is 5.43 Å². The van der Waals surface area contributed by atoms with Gasteiger partial charge in [-0.15, -0.1) is 0 Å². The van der Waals surface area contributed by atoms with Crippen molar-refractivity contribution in [1.82, 2.24) is 5.43 Å². The van der Waals surface area contributed by atoms with Crippen LogP contribution >= 0.6 is 0 Å². The number of nitrogens with two attached hydrogens (primary N) is 1. The Morgan fingerprint density at radius 3 is 2.24 bits per heavy atom. The molecule has 0 atom stereocenters. The number of nitrogens with zero attached hydrogens (tertiary/aromatic N) is 1. The van der Waals surface area contributed by atoms with Crippen LogP contribution in [0.4, 0.5) is 18.0 Å². The second kappa shape index (κ2) is 4.86. The number of carbonyl (C=O) groups is 1. The van der Waals surface area contributed by atoms with Crippen LogP contribution in [0.2, 0.25) is 0 Å². The third-order valence-corrected chi connectivity index (χ3v) is 1.96. The number of carbonyl (C=O) groups excluding carboxylic acids is 1. The molecular weight excluding hydrogens is 235 g/mol. The zero-order chi connectivity index (χ0) is 13.1. The lowest BCUT2D eigenvalue weighted by Gasteiger charge is -2.07. The van der Waals surface area contributed by atoms with Crippen molar-refractivity contribution in [1.29, 1.82) is 0 Å². The standard InChI is InChI=1S/C10H10F3N3O/c1-6(15-16-9(14)17)7-2-4-8(5-3-7)10(11,12)13/h2-5H,1H3,(H3,14,16,17). The van der Waals surface area contributed by atoms with Crippen molar-refractivity contribution in [3.63, 3.8) is 0 Å². The number of amides is 2. The normalized spacial score (nSPS) is 12.4. The zero-order valence-electron chi connectivity index (χ0n) is 8.88. The predicted octanol–water partition coefficient (Wildman–Crippen LogP) is 2.10. The van der Waals surface area contributed by atoms with E-state index in [0.29, 0.717) is 11.3 Å². The molecule has 0 saturated carbocycles.